The van der Waals surface area contributed by atoms with Gasteiger partial charge in [0.2, 0.25) is 0 Å². The summed E-state index contributed by atoms with van der Waals surface area (Å²) in [7, 11) is 0. The Balaban J connectivity index is 2.09. The third kappa shape index (κ3) is 2.07. The highest BCUT2D eigenvalue weighted by atomic mass is 14.8. The average molecular weight is 176 g/mol. The standard InChI is InChI=1S/C11H16N2/c1-8-3-2-6-13-11(8)10(12)7-9-4-5-9/h2-3,6,9-10H,4-5,7,12H2,1H3/t10-/m1/s1. The van der Waals surface area contributed by atoms with Crippen LogP contribution in [-0.4, -0.2) is 4.98 Å². The molecule has 1 aliphatic carbocycles. The van der Waals surface area contributed by atoms with Crippen LogP contribution in [0, 0.1) is 12.8 Å². The van der Waals surface area contributed by atoms with E-state index in [2.05, 4.69) is 18.0 Å². The molecule has 70 valence electrons. The van der Waals surface area contributed by atoms with Crippen LogP contribution in [0.4, 0.5) is 0 Å². The lowest BCUT2D eigenvalue weighted by molar-refractivity contribution is 0.580. The van der Waals surface area contributed by atoms with Gasteiger partial charge in [0.05, 0.1) is 5.69 Å². The average Bonchev–Trinajstić information content (AvgIpc) is 2.89. The van der Waals surface area contributed by atoms with E-state index >= 15 is 0 Å². The molecule has 0 bridgehead atoms. The molecule has 0 spiro atoms. The Morgan fingerprint density at radius 3 is 3.00 bits per heavy atom. The van der Waals surface area contributed by atoms with Gasteiger partial charge in [-0.15, -0.1) is 0 Å². The van der Waals surface area contributed by atoms with Crippen molar-refractivity contribution in [3.63, 3.8) is 0 Å². The molecule has 0 saturated heterocycles. The maximum absolute atomic E-state index is 6.07. The van der Waals surface area contributed by atoms with Gasteiger partial charge in [0.1, 0.15) is 0 Å². The minimum Gasteiger partial charge on any atom is -0.323 e. The van der Waals surface area contributed by atoms with E-state index in [9.17, 15) is 0 Å². The zero-order valence-electron chi connectivity index (χ0n) is 8.03. The molecular weight excluding hydrogens is 160 g/mol. The van der Waals surface area contributed by atoms with Gasteiger partial charge in [0.25, 0.3) is 0 Å². The first-order chi connectivity index (χ1) is 6.27. The molecule has 0 aliphatic heterocycles. The molecule has 1 heterocycles. The van der Waals surface area contributed by atoms with Gasteiger partial charge in [-0.25, -0.2) is 0 Å². The highest BCUT2D eigenvalue weighted by Gasteiger charge is 2.25. The largest absolute Gasteiger partial charge is 0.323 e. The van der Waals surface area contributed by atoms with E-state index in [0.29, 0.717) is 0 Å². The molecule has 0 aromatic carbocycles. The van der Waals surface area contributed by atoms with Crippen LogP contribution in [-0.2, 0) is 0 Å². The molecule has 0 unspecified atom stereocenters. The summed E-state index contributed by atoms with van der Waals surface area (Å²) >= 11 is 0. The maximum Gasteiger partial charge on any atom is 0.0600 e. The molecule has 2 heteroatoms. The fourth-order valence-corrected chi connectivity index (χ4v) is 1.71. The Morgan fingerprint density at radius 2 is 2.38 bits per heavy atom. The Morgan fingerprint density at radius 1 is 1.62 bits per heavy atom. The van der Waals surface area contributed by atoms with E-state index in [1.165, 1.54) is 18.4 Å². The second kappa shape index (κ2) is 3.46. The number of nitrogens with zero attached hydrogens (tertiary/aromatic N) is 1. The fourth-order valence-electron chi connectivity index (χ4n) is 1.71. The number of pyridine rings is 1. The predicted octanol–water partition coefficient (Wildman–Crippen LogP) is 2.19. The van der Waals surface area contributed by atoms with Crippen molar-refractivity contribution >= 4 is 0 Å². The lowest BCUT2D eigenvalue weighted by Crippen LogP contribution is -2.14. The first-order valence-electron chi connectivity index (χ1n) is 4.94. The third-order valence-electron chi connectivity index (χ3n) is 2.69. The molecule has 1 aromatic rings. The minimum absolute atomic E-state index is 0.147. The normalized spacial score (nSPS) is 18.6. The summed E-state index contributed by atoms with van der Waals surface area (Å²) in [5.41, 5.74) is 8.37. The first kappa shape index (κ1) is 8.70. The summed E-state index contributed by atoms with van der Waals surface area (Å²) in [5.74, 6) is 0.872. The van der Waals surface area contributed by atoms with Crippen LogP contribution < -0.4 is 5.73 Å². The van der Waals surface area contributed by atoms with Crippen molar-refractivity contribution in [1.82, 2.24) is 4.98 Å². The van der Waals surface area contributed by atoms with Crippen LogP contribution in [0.1, 0.15) is 36.6 Å². The van der Waals surface area contributed by atoms with E-state index in [1.807, 2.05) is 12.3 Å². The van der Waals surface area contributed by atoms with Crippen LogP contribution in [0.3, 0.4) is 0 Å². The molecule has 13 heavy (non-hydrogen) atoms. The van der Waals surface area contributed by atoms with E-state index < -0.39 is 0 Å². The molecule has 0 radical (unpaired) electrons. The number of aromatic nitrogens is 1. The summed E-state index contributed by atoms with van der Waals surface area (Å²) < 4.78 is 0. The van der Waals surface area contributed by atoms with Gasteiger partial charge in [-0.3, -0.25) is 4.98 Å². The molecule has 2 N–H and O–H groups in total. The zero-order valence-corrected chi connectivity index (χ0v) is 8.03. The number of rotatable bonds is 3. The van der Waals surface area contributed by atoms with Crippen LogP contribution in [0.2, 0.25) is 0 Å². The summed E-state index contributed by atoms with van der Waals surface area (Å²) in [6.07, 6.45) is 5.66. The third-order valence-corrected chi connectivity index (χ3v) is 2.69. The van der Waals surface area contributed by atoms with Crippen molar-refractivity contribution in [3.05, 3.63) is 29.6 Å². The van der Waals surface area contributed by atoms with E-state index in [1.54, 1.807) is 0 Å². The number of hydrogen-bond acceptors (Lipinski definition) is 2. The molecule has 1 aromatic heterocycles. The van der Waals surface area contributed by atoms with Crippen molar-refractivity contribution in [1.29, 1.82) is 0 Å². The van der Waals surface area contributed by atoms with E-state index in [0.717, 1.165) is 18.0 Å². The van der Waals surface area contributed by atoms with Gasteiger partial charge in [0, 0.05) is 12.2 Å². The number of hydrogen-bond donors (Lipinski definition) is 1. The van der Waals surface area contributed by atoms with Gasteiger partial charge >= 0.3 is 0 Å². The zero-order chi connectivity index (χ0) is 9.26. The van der Waals surface area contributed by atoms with Crippen LogP contribution in [0.25, 0.3) is 0 Å². The smallest absolute Gasteiger partial charge is 0.0600 e. The van der Waals surface area contributed by atoms with Crippen molar-refractivity contribution in [2.24, 2.45) is 11.7 Å². The van der Waals surface area contributed by atoms with E-state index in [-0.39, 0.29) is 6.04 Å². The summed E-state index contributed by atoms with van der Waals surface area (Å²) in [6.45, 7) is 2.08. The van der Waals surface area contributed by atoms with Crippen LogP contribution in [0.15, 0.2) is 18.3 Å². The molecule has 0 amide bonds. The number of nitrogens with two attached hydrogens (primary N) is 1. The van der Waals surface area contributed by atoms with Gasteiger partial charge < -0.3 is 5.73 Å². The summed E-state index contributed by atoms with van der Waals surface area (Å²) in [5, 5.41) is 0. The topological polar surface area (TPSA) is 38.9 Å². The Bertz CT molecular complexity index is 292. The van der Waals surface area contributed by atoms with Crippen molar-refractivity contribution in [2.75, 3.05) is 0 Å². The second-order valence-corrected chi connectivity index (χ2v) is 3.99. The highest BCUT2D eigenvalue weighted by Crippen LogP contribution is 2.36. The van der Waals surface area contributed by atoms with Crippen molar-refractivity contribution < 1.29 is 0 Å². The second-order valence-electron chi connectivity index (χ2n) is 3.99. The molecule has 2 rings (SSSR count). The lowest BCUT2D eigenvalue weighted by atomic mass is 10.0. The molecule has 1 atom stereocenters. The predicted molar refractivity (Wildman–Crippen MR) is 53.2 cm³/mol. The SMILES string of the molecule is Cc1cccnc1[C@H](N)CC1CC1. The lowest BCUT2D eigenvalue weighted by Gasteiger charge is -2.12. The highest BCUT2D eigenvalue weighted by molar-refractivity contribution is 5.20. The molecule has 1 saturated carbocycles. The molecular formula is C11H16N2. The van der Waals surface area contributed by atoms with Crippen LogP contribution >= 0.6 is 0 Å². The maximum atomic E-state index is 6.07. The van der Waals surface area contributed by atoms with E-state index in [4.69, 9.17) is 5.73 Å². The van der Waals surface area contributed by atoms with Crippen molar-refractivity contribution in [3.8, 4) is 0 Å². The molecule has 2 nitrogen and oxygen atoms in total. The van der Waals surface area contributed by atoms with Crippen LogP contribution in [0.5, 0.6) is 0 Å². The Labute approximate surface area is 79.2 Å². The van der Waals surface area contributed by atoms with Gasteiger partial charge in [0.15, 0.2) is 0 Å². The summed E-state index contributed by atoms with van der Waals surface area (Å²) in [4.78, 5) is 4.33. The molecule has 1 aliphatic rings. The van der Waals surface area contributed by atoms with Gasteiger partial charge in [-0.1, -0.05) is 18.9 Å². The Hall–Kier alpha value is -0.890. The number of aryl methyl sites for hydroxylation is 1. The molecule has 1 fully saturated rings. The van der Waals surface area contributed by atoms with Crippen molar-refractivity contribution in [2.45, 2.75) is 32.2 Å². The Kier molecular flexibility index (Phi) is 2.32. The van der Waals surface area contributed by atoms with Gasteiger partial charge in [-0.2, -0.15) is 0 Å². The summed E-state index contributed by atoms with van der Waals surface area (Å²) in [6, 6.07) is 4.19. The monoisotopic (exact) mass is 176 g/mol. The first-order valence-corrected chi connectivity index (χ1v) is 4.94. The quantitative estimate of drug-likeness (QED) is 0.766. The van der Waals surface area contributed by atoms with Gasteiger partial charge in [-0.05, 0) is 30.9 Å². The fraction of sp³-hybridized carbons (Fsp3) is 0.545. The minimum atomic E-state index is 0.147.